The molecule has 17 nitrogen and oxygen atoms in total. The van der Waals surface area contributed by atoms with Crippen LogP contribution in [0.2, 0.25) is 0 Å². The molecule has 3 rings (SSSR count). The molecule has 2 fully saturated rings. The lowest BCUT2D eigenvalue weighted by Gasteiger charge is -2.45. The van der Waals surface area contributed by atoms with Gasteiger partial charge in [-0.05, 0) is 33.1 Å². The number of carboxylic acids is 1. The molecule has 2 saturated heterocycles. The van der Waals surface area contributed by atoms with Gasteiger partial charge in [0.25, 0.3) is 0 Å². The summed E-state index contributed by atoms with van der Waals surface area (Å²) in [5, 5.41) is 118. The Kier molecular flexibility index (Phi) is 23.6. The number of fused-ring (bicyclic) bond motifs is 2. The third-order valence-electron chi connectivity index (χ3n) is 12.3. The molecule has 0 aliphatic carbocycles. The van der Waals surface area contributed by atoms with Crippen LogP contribution in [0.15, 0.2) is 85.1 Å². The van der Waals surface area contributed by atoms with E-state index in [1.54, 1.807) is 82.4 Å². The van der Waals surface area contributed by atoms with Crippen molar-refractivity contribution < 1.29 is 84.7 Å². The number of aliphatic hydroxyl groups excluding tert-OH is 9. The molecule has 65 heavy (non-hydrogen) atoms. The van der Waals surface area contributed by atoms with Gasteiger partial charge < -0.3 is 75.1 Å². The Balaban J connectivity index is 1.86. The zero-order chi connectivity index (χ0) is 48.4. The number of hydrogen-bond donors (Lipinski definition) is 11. The average Bonchev–Trinajstić information content (AvgIpc) is 3.21. The maximum absolute atomic E-state index is 12.6. The summed E-state index contributed by atoms with van der Waals surface area (Å²) in [5.74, 6) is -7.40. The summed E-state index contributed by atoms with van der Waals surface area (Å²) < 4.78 is 23.3. The van der Waals surface area contributed by atoms with Crippen molar-refractivity contribution in [3.05, 3.63) is 85.1 Å². The van der Waals surface area contributed by atoms with Crippen molar-refractivity contribution in [2.75, 3.05) is 0 Å². The highest BCUT2D eigenvalue weighted by Crippen LogP contribution is 2.38. The van der Waals surface area contributed by atoms with Crippen LogP contribution in [-0.4, -0.2) is 160 Å². The van der Waals surface area contributed by atoms with Crippen LogP contribution in [0, 0.1) is 23.7 Å². The van der Waals surface area contributed by atoms with Crippen LogP contribution in [-0.2, 0) is 28.5 Å². The second-order valence-corrected chi connectivity index (χ2v) is 17.8. The van der Waals surface area contributed by atoms with Crippen molar-refractivity contribution >= 4 is 11.9 Å². The van der Waals surface area contributed by atoms with E-state index in [2.05, 4.69) is 0 Å². The van der Waals surface area contributed by atoms with Gasteiger partial charge in [-0.2, -0.15) is 0 Å². The van der Waals surface area contributed by atoms with E-state index in [-0.39, 0.29) is 31.6 Å². The molecule has 3 aliphatic heterocycles. The summed E-state index contributed by atoms with van der Waals surface area (Å²) in [7, 11) is 0. The van der Waals surface area contributed by atoms with Crippen molar-refractivity contribution in [2.45, 2.75) is 177 Å². The monoisotopic (exact) mass is 922 g/mol. The van der Waals surface area contributed by atoms with E-state index in [0.717, 1.165) is 0 Å². The van der Waals surface area contributed by atoms with Gasteiger partial charge >= 0.3 is 11.9 Å². The average molecular weight is 923 g/mol. The predicted octanol–water partition coefficient (Wildman–Crippen LogP) is 2.02. The van der Waals surface area contributed by atoms with Crippen molar-refractivity contribution in [2.24, 2.45) is 23.7 Å². The molecule has 3 heterocycles. The first-order valence-electron chi connectivity index (χ1n) is 22.6. The van der Waals surface area contributed by atoms with Gasteiger partial charge in [-0.1, -0.05) is 106 Å². The van der Waals surface area contributed by atoms with Gasteiger partial charge in [0.15, 0.2) is 12.1 Å². The zero-order valence-electron chi connectivity index (χ0n) is 38.0. The molecule has 2 bridgehead atoms. The van der Waals surface area contributed by atoms with Crippen molar-refractivity contribution in [1.29, 1.82) is 0 Å². The topological polar surface area (TPSA) is 294 Å². The molecule has 9 unspecified atom stereocenters. The van der Waals surface area contributed by atoms with Crippen LogP contribution in [0.3, 0.4) is 0 Å². The van der Waals surface area contributed by atoms with Crippen LogP contribution in [0.1, 0.15) is 86.0 Å². The van der Waals surface area contributed by atoms with Crippen molar-refractivity contribution in [3.63, 3.8) is 0 Å². The summed E-state index contributed by atoms with van der Waals surface area (Å²) in [5.41, 5.74) is 0. The lowest BCUT2D eigenvalue weighted by Crippen LogP contribution is -2.57. The Labute approximate surface area is 382 Å². The van der Waals surface area contributed by atoms with E-state index in [1.807, 2.05) is 37.3 Å². The zero-order valence-corrected chi connectivity index (χ0v) is 38.0. The van der Waals surface area contributed by atoms with Crippen LogP contribution in [0.4, 0.5) is 0 Å². The molecule has 368 valence electrons. The molecule has 0 aromatic heterocycles. The molecule has 11 N–H and O–H groups in total. The number of ether oxygens (including phenoxy) is 4. The van der Waals surface area contributed by atoms with Gasteiger partial charge in [0.2, 0.25) is 0 Å². The normalized spacial score (nSPS) is 45.5. The maximum Gasteiger partial charge on any atom is 0.311 e. The Morgan fingerprint density at radius 2 is 1.18 bits per heavy atom. The van der Waals surface area contributed by atoms with E-state index in [1.165, 1.54) is 0 Å². The van der Waals surface area contributed by atoms with Crippen LogP contribution in [0.5, 0.6) is 0 Å². The molecular formula is C48H74O17. The largest absolute Gasteiger partial charge is 0.481 e. The highest BCUT2D eigenvalue weighted by molar-refractivity contribution is 5.71. The number of aliphatic hydroxyl groups is 10. The number of hydrogen-bond acceptors (Lipinski definition) is 16. The third kappa shape index (κ3) is 18.7. The van der Waals surface area contributed by atoms with Crippen molar-refractivity contribution in [1.82, 2.24) is 0 Å². The highest BCUT2D eigenvalue weighted by atomic mass is 16.7. The SMILES string of the molecule is C[C@@H]1[C@H](O)[C@@H](C)/C=C/C=C/C=C/C=C/C=C/C=C/C=C/C(OC2O[C@H](C)[C@@H](O)[C@H](C)[C@@H]2O)C[C@@H]2OC(O)(CC(O)CC(O)C(O)CCC(O)CC(O)CC(=O)O[C@H]1C)C[C@H](O)C2C(=O)O. The summed E-state index contributed by atoms with van der Waals surface area (Å²) in [4.78, 5) is 25.1. The number of carbonyl (C=O) groups excluding carboxylic acids is 1. The van der Waals surface area contributed by atoms with Crippen molar-refractivity contribution in [3.8, 4) is 0 Å². The summed E-state index contributed by atoms with van der Waals surface area (Å²) in [6.45, 7) is 8.46. The number of carbonyl (C=O) groups is 2. The van der Waals surface area contributed by atoms with E-state index < -0.39 is 147 Å². The third-order valence-corrected chi connectivity index (χ3v) is 12.3. The molecular weight excluding hydrogens is 849 g/mol. The van der Waals surface area contributed by atoms with Gasteiger partial charge in [0.1, 0.15) is 18.1 Å². The predicted molar refractivity (Wildman–Crippen MR) is 238 cm³/mol. The maximum atomic E-state index is 12.6. The Morgan fingerprint density at radius 1 is 0.615 bits per heavy atom. The number of esters is 1. The van der Waals surface area contributed by atoms with Gasteiger partial charge in [0, 0.05) is 43.4 Å². The fraction of sp³-hybridized carbons (Fsp3) is 0.667. The molecule has 0 radical (unpaired) electrons. The standard InChI is InChI=1S/C48H74O17/c1-28-18-16-14-12-10-8-6-7-9-11-13-15-17-19-36(64-47-45(58)30(3)44(57)32(5)63-47)25-40-42(46(59)60)39(54)27-48(61,65-40)26-35(51)23-38(53)37(52)21-20-33(49)22-34(50)24-41(55)62-31(4)29(2)43(28)56/h6-19,28-40,42-45,47,49-54,56-58,61H,20-27H2,1-5H3,(H,59,60)/b7-6+,10-8+,11-9+,14-12+,15-13+,18-16+,19-17+/t28-,29-,30-,31-,32+,33?,34?,35?,36?,37?,38?,39-,40-,42?,43+,44-,45-,47?,48?/m0/s1. The van der Waals surface area contributed by atoms with Crippen LogP contribution in [0.25, 0.3) is 0 Å². The minimum atomic E-state index is -2.31. The molecule has 0 aromatic rings. The van der Waals surface area contributed by atoms with E-state index in [4.69, 9.17) is 18.9 Å². The molecule has 17 heteroatoms. The first-order chi connectivity index (χ1) is 30.6. The summed E-state index contributed by atoms with van der Waals surface area (Å²) in [6.07, 6.45) is 4.63. The van der Waals surface area contributed by atoms with Gasteiger partial charge in [-0.25, -0.2) is 0 Å². The molecule has 3 aliphatic rings. The number of allylic oxidation sites excluding steroid dienone is 12. The highest BCUT2D eigenvalue weighted by Gasteiger charge is 2.51. The van der Waals surface area contributed by atoms with Crippen LogP contribution >= 0.6 is 0 Å². The molecule has 0 saturated carbocycles. The van der Waals surface area contributed by atoms with Gasteiger partial charge in [0.05, 0.1) is 73.6 Å². The van der Waals surface area contributed by atoms with E-state index >= 15 is 0 Å². The summed E-state index contributed by atoms with van der Waals surface area (Å²) >= 11 is 0. The van der Waals surface area contributed by atoms with E-state index in [9.17, 15) is 65.8 Å². The smallest absolute Gasteiger partial charge is 0.311 e. The van der Waals surface area contributed by atoms with Gasteiger partial charge in [-0.15, -0.1) is 0 Å². The fourth-order valence-corrected chi connectivity index (χ4v) is 8.15. The number of aliphatic carboxylic acids is 1. The van der Waals surface area contributed by atoms with Gasteiger partial charge in [-0.3, -0.25) is 9.59 Å². The minimum Gasteiger partial charge on any atom is -0.481 e. The first kappa shape index (κ1) is 55.9. The number of carboxylic acid groups (broad SMARTS) is 1. The molecule has 0 spiro atoms. The Hall–Kier alpha value is -3.40. The lowest BCUT2D eigenvalue weighted by atomic mass is 9.82. The quantitative estimate of drug-likeness (QED) is 0.181. The number of cyclic esters (lactones) is 1. The Bertz CT molecular complexity index is 1660. The summed E-state index contributed by atoms with van der Waals surface area (Å²) in [6, 6.07) is 0. The van der Waals surface area contributed by atoms with E-state index in [0.29, 0.717) is 0 Å². The first-order valence-corrected chi connectivity index (χ1v) is 22.6. The minimum absolute atomic E-state index is 0.100. The second kappa shape index (κ2) is 27.4. The molecule has 0 amide bonds. The molecule has 0 aromatic carbocycles. The molecule has 19 atom stereocenters. The van der Waals surface area contributed by atoms with Crippen LogP contribution < -0.4 is 0 Å². The lowest BCUT2D eigenvalue weighted by molar-refractivity contribution is -0.311. The fourth-order valence-electron chi connectivity index (χ4n) is 8.15. The Morgan fingerprint density at radius 3 is 1.77 bits per heavy atom. The second-order valence-electron chi connectivity index (χ2n) is 17.8. The number of rotatable bonds is 3.